The van der Waals surface area contributed by atoms with Gasteiger partial charge in [0.2, 0.25) is 5.91 Å². The molecule has 0 N–H and O–H groups in total. The fourth-order valence-corrected chi connectivity index (χ4v) is 3.73. The highest BCUT2D eigenvalue weighted by Crippen LogP contribution is 2.15. The lowest BCUT2D eigenvalue weighted by Gasteiger charge is -2.35. The molecule has 0 aliphatic carbocycles. The molecule has 3 nitrogen and oxygen atoms in total. The van der Waals surface area contributed by atoms with Crippen molar-refractivity contribution < 1.29 is 9.18 Å². The Balaban J connectivity index is 1.46. The number of halogens is 1. The van der Waals surface area contributed by atoms with Gasteiger partial charge in [-0.2, -0.15) is 0 Å². The normalized spacial score (nSPS) is 16.2. The topological polar surface area (TPSA) is 23.6 Å². The molecule has 25 heavy (non-hydrogen) atoms. The zero-order valence-corrected chi connectivity index (χ0v) is 15.3. The molecule has 5 heteroatoms. The molecule has 1 aliphatic rings. The Hall–Kier alpha value is -1.98. The van der Waals surface area contributed by atoms with Crippen LogP contribution in [0.5, 0.6) is 0 Å². The molecule has 1 aromatic carbocycles. The van der Waals surface area contributed by atoms with Gasteiger partial charge in [0.05, 0.1) is 0 Å². The van der Waals surface area contributed by atoms with Crippen LogP contribution in [-0.2, 0) is 11.2 Å². The third-order valence-corrected chi connectivity index (χ3v) is 5.35. The first-order valence-corrected chi connectivity index (χ1v) is 9.47. The molecular weight excluding hydrogens is 335 g/mol. The first-order valence-electron chi connectivity index (χ1n) is 8.60. The lowest BCUT2D eigenvalue weighted by molar-refractivity contribution is -0.128. The highest BCUT2D eigenvalue weighted by atomic mass is 32.1. The largest absolute Gasteiger partial charge is 0.336 e. The highest BCUT2D eigenvalue weighted by Gasteiger charge is 2.21. The maximum atomic E-state index is 12.9. The first-order chi connectivity index (χ1) is 12.1. The summed E-state index contributed by atoms with van der Waals surface area (Å²) < 4.78 is 12.9. The monoisotopic (exact) mass is 358 g/mol. The molecule has 3 rings (SSSR count). The van der Waals surface area contributed by atoms with Gasteiger partial charge in [0.25, 0.3) is 0 Å². The van der Waals surface area contributed by atoms with Crippen molar-refractivity contribution in [2.75, 3.05) is 32.7 Å². The summed E-state index contributed by atoms with van der Waals surface area (Å²) in [4.78, 5) is 18.0. The van der Waals surface area contributed by atoms with Gasteiger partial charge in [-0.1, -0.05) is 18.2 Å². The number of amides is 1. The van der Waals surface area contributed by atoms with Crippen LogP contribution in [-0.4, -0.2) is 48.4 Å². The van der Waals surface area contributed by atoms with Gasteiger partial charge >= 0.3 is 0 Å². The van der Waals surface area contributed by atoms with Gasteiger partial charge in [-0.3, -0.25) is 9.69 Å². The third-order valence-electron chi connectivity index (χ3n) is 4.53. The molecule has 1 saturated heterocycles. The Morgan fingerprint density at radius 3 is 2.52 bits per heavy atom. The van der Waals surface area contributed by atoms with E-state index >= 15 is 0 Å². The Labute approximate surface area is 152 Å². The number of benzene rings is 1. The van der Waals surface area contributed by atoms with Crippen molar-refractivity contribution in [3.05, 3.63) is 63.6 Å². The van der Waals surface area contributed by atoms with Crippen molar-refractivity contribution in [3.8, 4) is 0 Å². The molecule has 0 saturated carbocycles. The zero-order chi connectivity index (χ0) is 17.6. The van der Waals surface area contributed by atoms with Crippen molar-refractivity contribution >= 4 is 23.3 Å². The molecule has 1 aromatic heterocycles. The Morgan fingerprint density at radius 1 is 1.16 bits per heavy atom. The summed E-state index contributed by atoms with van der Waals surface area (Å²) in [5, 5.41) is 2.02. The van der Waals surface area contributed by atoms with Gasteiger partial charge in [-0.15, -0.1) is 11.3 Å². The fraction of sp³-hybridized carbons (Fsp3) is 0.350. The second-order valence-corrected chi connectivity index (χ2v) is 7.33. The molecule has 0 atom stereocenters. The van der Waals surface area contributed by atoms with Crippen molar-refractivity contribution in [1.29, 1.82) is 0 Å². The number of hydrogen-bond acceptors (Lipinski definition) is 3. The Kier molecular flexibility index (Phi) is 6.00. The van der Waals surface area contributed by atoms with Crippen LogP contribution in [0.15, 0.2) is 47.4 Å². The number of thiophene rings is 1. The molecular formula is C20H23FN2OS. The van der Waals surface area contributed by atoms with Gasteiger partial charge in [0.1, 0.15) is 5.82 Å². The first kappa shape index (κ1) is 17.8. The van der Waals surface area contributed by atoms with Gasteiger partial charge in [-0.05, 0) is 48.6 Å². The van der Waals surface area contributed by atoms with E-state index in [0.29, 0.717) is 0 Å². The second kappa shape index (κ2) is 8.41. The molecule has 1 aliphatic heterocycles. The van der Waals surface area contributed by atoms with Crippen LogP contribution in [0.4, 0.5) is 4.39 Å². The minimum atomic E-state index is -0.193. The Bertz CT molecular complexity index is 717. The van der Waals surface area contributed by atoms with E-state index in [-0.39, 0.29) is 11.7 Å². The van der Waals surface area contributed by atoms with Crippen molar-refractivity contribution in [2.45, 2.75) is 13.3 Å². The summed E-state index contributed by atoms with van der Waals surface area (Å²) >= 11 is 1.64. The predicted octanol–water partition coefficient (Wildman–Crippen LogP) is 3.68. The maximum absolute atomic E-state index is 12.9. The molecule has 2 aromatic rings. The summed E-state index contributed by atoms with van der Waals surface area (Å²) in [6.45, 7) is 6.13. The molecule has 1 amide bonds. The van der Waals surface area contributed by atoms with E-state index < -0.39 is 0 Å². The molecule has 0 radical (unpaired) electrons. The van der Waals surface area contributed by atoms with Gasteiger partial charge in [0, 0.05) is 43.2 Å². The molecule has 132 valence electrons. The van der Waals surface area contributed by atoms with Crippen LogP contribution in [0.3, 0.4) is 0 Å². The van der Waals surface area contributed by atoms with Gasteiger partial charge in [0.15, 0.2) is 0 Å². The van der Waals surface area contributed by atoms with Crippen molar-refractivity contribution in [2.24, 2.45) is 0 Å². The van der Waals surface area contributed by atoms with Crippen LogP contribution in [0.2, 0.25) is 0 Å². The van der Waals surface area contributed by atoms with Crippen LogP contribution in [0.1, 0.15) is 17.4 Å². The molecule has 0 bridgehead atoms. The summed E-state index contributed by atoms with van der Waals surface area (Å²) in [5.41, 5.74) is 1.94. The minimum Gasteiger partial charge on any atom is -0.336 e. The summed E-state index contributed by atoms with van der Waals surface area (Å²) in [6, 6.07) is 10.7. The van der Waals surface area contributed by atoms with Crippen LogP contribution in [0.25, 0.3) is 6.08 Å². The minimum absolute atomic E-state index is 0.131. The Morgan fingerprint density at radius 2 is 1.88 bits per heavy atom. The van der Waals surface area contributed by atoms with E-state index in [0.717, 1.165) is 55.2 Å². The number of nitrogens with zero attached hydrogens (tertiary/aromatic N) is 2. The predicted molar refractivity (Wildman–Crippen MR) is 101 cm³/mol. The van der Waals surface area contributed by atoms with E-state index in [2.05, 4.69) is 4.90 Å². The maximum Gasteiger partial charge on any atom is 0.249 e. The average Bonchev–Trinajstić information content (AvgIpc) is 3.14. The lowest BCUT2D eigenvalue weighted by atomic mass is 10.1. The standard InChI is InChI=1S/C20H23FN2OS/c1-16(15-19-3-2-14-25-19)20(24)23-12-10-22(11-13-23)9-8-17-4-6-18(21)7-5-17/h2-7,14-15H,8-13H2,1H3/b16-15+. The number of carbonyl (C=O) groups is 1. The van der Waals surface area contributed by atoms with E-state index in [1.54, 1.807) is 11.3 Å². The molecule has 2 heterocycles. The summed E-state index contributed by atoms with van der Waals surface area (Å²) in [5.74, 6) is -0.0616. The zero-order valence-electron chi connectivity index (χ0n) is 14.5. The molecule has 1 fully saturated rings. The third kappa shape index (κ3) is 5.00. The van der Waals surface area contributed by atoms with E-state index in [9.17, 15) is 9.18 Å². The molecule has 0 unspecified atom stereocenters. The average molecular weight is 358 g/mol. The fourth-order valence-electron chi connectivity index (χ4n) is 3.01. The second-order valence-electron chi connectivity index (χ2n) is 6.35. The van der Waals surface area contributed by atoms with E-state index in [1.807, 2.05) is 47.5 Å². The number of rotatable bonds is 5. The lowest BCUT2D eigenvalue weighted by Crippen LogP contribution is -2.49. The van der Waals surface area contributed by atoms with Crippen LogP contribution < -0.4 is 0 Å². The van der Waals surface area contributed by atoms with Crippen molar-refractivity contribution in [1.82, 2.24) is 9.80 Å². The van der Waals surface area contributed by atoms with E-state index in [1.165, 1.54) is 12.1 Å². The number of carbonyl (C=O) groups excluding carboxylic acids is 1. The number of hydrogen-bond donors (Lipinski definition) is 0. The van der Waals surface area contributed by atoms with Crippen LogP contribution in [0, 0.1) is 5.82 Å². The van der Waals surface area contributed by atoms with Gasteiger partial charge < -0.3 is 4.90 Å². The summed E-state index contributed by atoms with van der Waals surface area (Å²) in [7, 11) is 0. The van der Waals surface area contributed by atoms with Crippen molar-refractivity contribution in [3.63, 3.8) is 0 Å². The highest BCUT2D eigenvalue weighted by molar-refractivity contribution is 7.10. The number of piperazine rings is 1. The SMILES string of the molecule is C/C(=C\c1cccs1)C(=O)N1CCN(CCc2ccc(F)cc2)CC1. The van der Waals surface area contributed by atoms with Gasteiger partial charge in [-0.25, -0.2) is 4.39 Å². The quantitative estimate of drug-likeness (QED) is 0.761. The van der Waals surface area contributed by atoms with E-state index in [4.69, 9.17) is 0 Å². The molecule has 0 spiro atoms. The van der Waals surface area contributed by atoms with Crippen LogP contribution >= 0.6 is 11.3 Å². The smallest absolute Gasteiger partial charge is 0.249 e. The summed E-state index contributed by atoms with van der Waals surface area (Å²) in [6.07, 6.45) is 2.87.